The molecular weight excluding hydrogens is 268 g/mol. The molecule has 0 saturated carbocycles. The molecule has 1 rings (SSSR count). The standard InChI is InChI=1S/C11H12F4N2O2/c12-9-2-1-7(5-8(9)11(13,14)15)6-17-3-4-19-10(16)18/h1-2,5,17H,3-4,6H2,(H2,16,18). The molecule has 1 amide bonds. The summed E-state index contributed by atoms with van der Waals surface area (Å²) in [5, 5.41) is 2.73. The largest absolute Gasteiger partial charge is 0.448 e. The molecule has 0 heterocycles. The molecule has 0 spiro atoms. The molecule has 8 heteroatoms. The van der Waals surface area contributed by atoms with Crippen LogP contribution in [0.2, 0.25) is 0 Å². The van der Waals surface area contributed by atoms with E-state index in [1.807, 2.05) is 0 Å². The van der Waals surface area contributed by atoms with Crippen molar-refractivity contribution >= 4 is 6.09 Å². The number of nitrogens with one attached hydrogen (secondary N) is 1. The molecule has 0 aliphatic heterocycles. The van der Waals surface area contributed by atoms with Gasteiger partial charge in [-0.1, -0.05) is 6.07 Å². The van der Waals surface area contributed by atoms with Gasteiger partial charge in [0.05, 0.1) is 5.56 Å². The van der Waals surface area contributed by atoms with E-state index in [4.69, 9.17) is 5.73 Å². The Bertz CT molecular complexity index is 449. The van der Waals surface area contributed by atoms with Gasteiger partial charge in [0.2, 0.25) is 0 Å². The van der Waals surface area contributed by atoms with E-state index >= 15 is 0 Å². The lowest BCUT2D eigenvalue weighted by Gasteiger charge is -2.10. The molecular formula is C11H12F4N2O2. The topological polar surface area (TPSA) is 64.4 Å². The normalized spacial score (nSPS) is 11.4. The summed E-state index contributed by atoms with van der Waals surface area (Å²) in [4.78, 5) is 10.2. The summed E-state index contributed by atoms with van der Waals surface area (Å²) >= 11 is 0. The van der Waals surface area contributed by atoms with Gasteiger partial charge in [-0.2, -0.15) is 13.2 Å². The fourth-order valence-electron chi connectivity index (χ4n) is 1.36. The Labute approximate surface area is 106 Å². The van der Waals surface area contributed by atoms with Crippen LogP contribution in [-0.4, -0.2) is 19.2 Å². The monoisotopic (exact) mass is 280 g/mol. The zero-order valence-electron chi connectivity index (χ0n) is 9.76. The molecule has 0 fully saturated rings. The smallest absolute Gasteiger partial charge is 0.419 e. The van der Waals surface area contributed by atoms with Gasteiger partial charge in [-0.25, -0.2) is 9.18 Å². The number of carbonyl (C=O) groups excluding carboxylic acids is 1. The van der Waals surface area contributed by atoms with Crippen molar-refractivity contribution in [3.63, 3.8) is 0 Å². The fraction of sp³-hybridized carbons (Fsp3) is 0.364. The minimum absolute atomic E-state index is 0.00263. The highest BCUT2D eigenvalue weighted by atomic mass is 19.4. The maximum absolute atomic E-state index is 13.0. The Hall–Kier alpha value is -1.83. The number of amides is 1. The predicted molar refractivity (Wildman–Crippen MR) is 58.6 cm³/mol. The van der Waals surface area contributed by atoms with Crippen LogP contribution in [0.15, 0.2) is 18.2 Å². The average Bonchev–Trinajstić information content (AvgIpc) is 2.28. The Kier molecular flexibility index (Phi) is 5.11. The van der Waals surface area contributed by atoms with E-state index in [1.165, 1.54) is 6.07 Å². The first kappa shape index (κ1) is 15.2. The van der Waals surface area contributed by atoms with E-state index in [1.54, 1.807) is 0 Å². The van der Waals surface area contributed by atoms with Crippen LogP contribution in [0.4, 0.5) is 22.4 Å². The van der Waals surface area contributed by atoms with Gasteiger partial charge >= 0.3 is 12.3 Å². The zero-order valence-corrected chi connectivity index (χ0v) is 9.76. The first-order valence-electron chi connectivity index (χ1n) is 5.29. The fourth-order valence-corrected chi connectivity index (χ4v) is 1.36. The van der Waals surface area contributed by atoms with Gasteiger partial charge in [-0.3, -0.25) is 0 Å². The average molecular weight is 280 g/mol. The first-order valence-corrected chi connectivity index (χ1v) is 5.29. The summed E-state index contributed by atoms with van der Waals surface area (Å²) in [6.07, 6.45) is -5.65. The Morgan fingerprint density at radius 3 is 2.63 bits per heavy atom. The van der Waals surface area contributed by atoms with E-state index < -0.39 is 23.7 Å². The molecule has 0 aliphatic rings. The van der Waals surface area contributed by atoms with E-state index in [0.29, 0.717) is 0 Å². The highest BCUT2D eigenvalue weighted by Crippen LogP contribution is 2.31. The van der Waals surface area contributed by atoms with Gasteiger partial charge in [-0.05, 0) is 17.7 Å². The van der Waals surface area contributed by atoms with Crippen LogP contribution in [0.1, 0.15) is 11.1 Å². The van der Waals surface area contributed by atoms with Crippen LogP contribution < -0.4 is 11.1 Å². The predicted octanol–water partition coefficient (Wildman–Crippen LogP) is 2.03. The van der Waals surface area contributed by atoms with E-state index in [9.17, 15) is 22.4 Å². The van der Waals surface area contributed by atoms with Crippen LogP contribution in [0.3, 0.4) is 0 Å². The van der Waals surface area contributed by atoms with E-state index in [2.05, 4.69) is 10.1 Å². The quantitative estimate of drug-likeness (QED) is 0.640. The minimum Gasteiger partial charge on any atom is -0.448 e. The highest BCUT2D eigenvalue weighted by Gasteiger charge is 2.34. The van der Waals surface area contributed by atoms with Crippen molar-refractivity contribution in [2.45, 2.75) is 12.7 Å². The summed E-state index contributed by atoms with van der Waals surface area (Å²) < 4.78 is 54.7. The van der Waals surface area contributed by atoms with Crippen molar-refractivity contribution in [3.05, 3.63) is 35.1 Å². The molecule has 4 nitrogen and oxygen atoms in total. The van der Waals surface area contributed by atoms with Gasteiger partial charge in [-0.15, -0.1) is 0 Å². The van der Waals surface area contributed by atoms with Crippen LogP contribution in [0.25, 0.3) is 0 Å². The number of primary amides is 1. The number of alkyl halides is 3. The third-order valence-electron chi connectivity index (χ3n) is 2.19. The lowest BCUT2D eigenvalue weighted by atomic mass is 10.1. The van der Waals surface area contributed by atoms with Crippen molar-refractivity contribution < 1.29 is 27.1 Å². The molecule has 0 radical (unpaired) electrons. The van der Waals surface area contributed by atoms with Crippen LogP contribution in [0.5, 0.6) is 0 Å². The maximum atomic E-state index is 13.0. The van der Waals surface area contributed by atoms with Gasteiger partial charge in [0, 0.05) is 13.1 Å². The summed E-state index contributed by atoms with van der Waals surface area (Å²) in [5.74, 6) is -1.31. The molecule has 0 unspecified atom stereocenters. The molecule has 0 aliphatic carbocycles. The van der Waals surface area contributed by atoms with Gasteiger partial charge in [0.25, 0.3) is 0 Å². The van der Waals surface area contributed by atoms with Crippen molar-refractivity contribution in [2.24, 2.45) is 5.73 Å². The molecule has 3 N–H and O–H groups in total. The lowest BCUT2D eigenvalue weighted by Crippen LogP contribution is -2.23. The number of benzene rings is 1. The molecule has 0 bridgehead atoms. The third-order valence-corrected chi connectivity index (χ3v) is 2.19. The Morgan fingerprint density at radius 1 is 1.37 bits per heavy atom. The molecule has 0 aromatic heterocycles. The highest BCUT2D eigenvalue weighted by molar-refractivity contribution is 5.64. The Balaban J connectivity index is 2.53. The molecule has 19 heavy (non-hydrogen) atoms. The van der Waals surface area contributed by atoms with Crippen molar-refractivity contribution in [1.82, 2.24) is 5.32 Å². The molecule has 1 aromatic carbocycles. The van der Waals surface area contributed by atoms with E-state index in [-0.39, 0.29) is 25.3 Å². The summed E-state index contributed by atoms with van der Waals surface area (Å²) in [6, 6.07) is 2.74. The SMILES string of the molecule is NC(=O)OCCNCc1ccc(F)c(C(F)(F)F)c1. The third kappa shape index (κ3) is 5.12. The summed E-state index contributed by atoms with van der Waals surface area (Å²) in [6.45, 7) is 0.315. The van der Waals surface area contributed by atoms with Crippen LogP contribution in [0, 0.1) is 5.82 Å². The maximum Gasteiger partial charge on any atom is 0.419 e. The number of hydrogen-bond donors (Lipinski definition) is 2. The number of hydrogen-bond acceptors (Lipinski definition) is 3. The lowest BCUT2D eigenvalue weighted by molar-refractivity contribution is -0.140. The molecule has 0 atom stereocenters. The summed E-state index contributed by atoms with van der Waals surface area (Å²) in [5.41, 5.74) is 3.68. The number of rotatable bonds is 5. The molecule has 106 valence electrons. The van der Waals surface area contributed by atoms with Crippen molar-refractivity contribution in [1.29, 1.82) is 0 Å². The van der Waals surface area contributed by atoms with Gasteiger partial charge in [0.15, 0.2) is 0 Å². The number of halogens is 4. The molecule has 1 aromatic rings. The zero-order chi connectivity index (χ0) is 14.5. The van der Waals surface area contributed by atoms with Crippen molar-refractivity contribution in [2.75, 3.05) is 13.2 Å². The number of carbonyl (C=O) groups is 1. The second kappa shape index (κ2) is 6.37. The minimum atomic E-state index is -4.73. The molecule has 0 saturated heterocycles. The second-order valence-corrected chi connectivity index (χ2v) is 3.66. The van der Waals surface area contributed by atoms with Crippen molar-refractivity contribution in [3.8, 4) is 0 Å². The summed E-state index contributed by atoms with van der Waals surface area (Å²) in [7, 11) is 0. The second-order valence-electron chi connectivity index (χ2n) is 3.66. The number of ether oxygens (including phenoxy) is 1. The first-order chi connectivity index (χ1) is 8.80. The van der Waals surface area contributed by atoms with Crippen LogP contribution in [-0.2, 0) is 17.5 Å². The van der Waals surface area contributed by atoms with E-state index in [0.717, 1.165) is 12.1 Å². The van der Waals surface area contributed by atoms with Gasteiger partial charge in [0.1, 0.15) is 12.4 Å². The van der Waals surface area contributed by atoms with Crippen LogP contribution >= 0.6 is 0 Å². The number of nitrogens with two attached hydrogens (primary N) is 1. The van der Waals surface area contributed by atoms with Gasteiger partial charge < -0.3 is 15.8 Å². The Morgan fingerprint density at radius 2 is 2.05 bits per heavy atom.